The molecule has 15 heteroatoms. The number of fused-ring (bicyclic) bond motifs is 3. The number of aromatic nitrogens is 6. The first kappa shape index (κ1) is 28.8. The fraction of sp³-hybridized carbons (Fsp3) is 0.333. The van der Waals surface area contributed by atoms with Gasteiger partial charge in [-0.1, -0.05) is 6.07 Å². The lowest BCUT2D eigenvalue weighted by atomic mass is 9.57. The molecule has 4 aromatic heterocycles. The van der Waals surface area contributed by atoms with E-state index in [0.29, 0.717) is 42.9 Å². The summed E-state index contributed by atoms with van der Waals surface area (Å²) in [7, 11) is 15.0. The van der Waals surface area contributed by atoms with Crippen LogP contribution in [0.4, 0.5) is 23.0 Å². The number of likely N-dealkylation sites (tertiary alicyclic amines) is 1. The number of amides is 1. The lowest BCUT2D eigenvalue weighted by Crippen LogP contribution is -2.60. The highest BCUT2D eigenvalue weighted by Gasteiger charge is 2.42. The van der Waals surface area contributed by atoms with E-state index < -0.39 is 5.34 Å². The first-order valence-electron chi connectivity index (χ1n) is 14.7. The minimum absolute atomic E-state index is 0.00401. The van der Waals surface area contributed by atoms with Crippen LogP contribution in [0.15, 0.2) is 42.7 Å². The van der Waals surface area contributed by atoms with E-state index in [9.17, 15) is 14.4 Å². The van der Waals surface area contributed by atoms with Crippen molar-refractivity contribution in [3.8, 4) is 11.1 Å². The van der Waals surface area contributed by atoms with Crippen LogP contribution in [0.25, 0.3) is 11.1 Å². The highest BCUT2D eigenvalue weighted by molar-refractivity contribution is 6.39. The smallest absolute Gasteiger partial charge is 0.228 e. The number of rotatable bonds is 9. The Morgan fingerprint density at radius 2 is 1.89 bits per heavy atom. The quantitative estimate of drug-likeness (QED) is 0.216. The average molecular weight is 598 g/mol. The third kappa shape index (κ3) is 4.96. The van der Waals surface area contributed by atoms with Crippen LogP contribution in [-0.4, -0.2) is 89.2 Å². The van der Waals surface area contributed by atoms with Gasteiger partial charge in [0.25, 0.3) is 0 Å². The Balaban J connectivity index is 1.16. The maximum absolute atomic E-state index is 12.3. The second-order valence-electron chi connectivity index (χ2n) is 11.7. The average Bonchev–Trinajstić information content (AvgIpc) is 3.79. The van der Waals surface area contributed by atoms with Crippen molar-refractivity contribution < 1.29 is 14.4 Å². The number of carbonyl (C=O) groups excluding carboxylic acids is 3. The van der Waals surface area contributed by atoms with Gasteiger partial charge in [-0.3, -0.25) is 19.1 Å². The molecule has 1 saturated heterocycles. The molecule has 3 aliphatic rings. The summed E-state index contributed by atoms with van der Waals surface area (Å²) in [5, 5.41) is 17.5. The third-order valence-electron chi connectivity index (χ3n) is 8.80. The second kappa shape index (κ2) is 10.9. The Kier molecular flexibility index (Phi) is 6.99. The summed E-state index contributed by atoms with van der Waals surface area (Å²) < 4.78 is 2.03. The molecule has 7 rings (SSSR count). The van der Waals surface area contributed by atoms with Crippen molar-refractivity contribution in [2.45, 2.75) is 37.2 Å². The number of carbonyl (C=O) groups is 3. The largest absolute Gasteiger partial charge is 0.363 e. The molecule has 1 unspecified atom stereocenters. The van der Waals surface area contributed by atoms with E-state index in [-0.39, 0.29) is 41.1 Å². The number of aldehydes is 2. The summed E-state index contributed by atoms with van der Waals surface area (Å²) >= 11 is 0. The number of nitrogens with zero attached hydrogens (tertiary/aromatic N) is 8. The van der Waals surface area contributed by atoms with Gasteiger partial charge in [0.2, 0.25) is 5.91 Å². The molecule has 2 fully saturated rings. The number of pyridine rings is 2. The number of nitrogens with one attached hydrogen (secondary N) is 2. The molecular formula is C30H28B2N10O3. The minimum Gasteiger partial charge on any atom is -0.363 e. The van der Waals surface area contributed by atoms with E-state index in [4.69, 9.17) is 20.8 Å². The predicted molar refractivity (Wildman–Crippen MR) is 168 cm³/mol. The van der Waals surface area contributed by atoms with Gasteiger partial charge in [0.05, 0.1) is 51.0 Å². The van der Waals surface area contributed by atoms with Gasteiger partial charge in [0.15, 0.2) is 24.2 Å². The fourth-order valence-electron chi connectivity index (χ4n) is 5.95. The van der Waals surface area contributed by atoms with Crippen LogP contribution in [0.5, 0.6) is 0 Å². The Hall–Kier alpha value is -4.91. The van der Waals surface area contributed by atoms with Crippen LogP contribution >= 0.6 is 0 Å². The zero-order valence-corrected chi connectivity index (χ0v) is 24.7. The lowest BCUT2D eigenvalue weighted by Gasteiger charge is -2.50. The Morgan fingerprint density at radius 3 is 2.62 bits per heavy atom. The van der Waals surface area contributed by atoms with E-state index in [2.05, 4.69) is 42.6 Å². The highest BCUT2D eigenvalue weighted by atomic mass is 16.2. The topological polar surface area (TPSA) is 151 Å². The van der Waals surface area contributed by atoms with Crippen LogP contribution in [0, 0.1) is 5.92 Å². The Morgan fingerprint density at radius 1 is 1.09 bits per heavy atom. The van der Waals surface area contributed by atoms with Crippen LogP contribution < -0.4 is 15.5 Å². The SMILES string of the molecule is [B]C([B])(c1cccc(C=O)n1)N1CC(n2ncc3c2C(C)N(C)c2c-3ccnc2Nc2cc(NC(=O)C3CC3)nnc2C=O)C1. The number of hydrogen-bond acceptors (Lipinski definition) is 11. The van der Waals surface area contributed by atoms with Gasteiger partial charge in [-0.15, -0.1) is 10.2 Å². The number of anilines is 4. The molecule has 13 nitrogen and oxygen atoms in total. The third-order valence-corrected chi connectivity index (χ3v) is 8.80. The summed E-state index contributed by atoms with van der Waals surface area (Å²) in [6, 6.07) is 8.50. The zero-order chi connectivity index (χ0) is 31.5. The monoisotopic (exact) mass is 598 g/mol. The van der Waals surface area contributed by atoms with Crippen molar-refractivity contribution in [1.29, 1.82) is 0 Å². The fourth-order valence-corrected chi connectivity index (χ4v) is 5.95. The highest BCUT2D eigenvalue weighted by Crippen LogP contribution is 2.48. The lowest BCUT2D eigenvalue weighted by molar-refractivity contribution is -0.117. The van der Waals surface area contributed by atoms with Crippen molar-refractivity contribution >= 4 is 57.2 Å². The standard InChI is InChI=1S/C30H28B2N10O3/c1-16-26-21(11-34-42(26)19-12-41(13-19)30(31,32)24-5-3-4-18(14-43)35-24)20-8-9-33-28(27(20)40(16)2)36-22-10-25(39-38-23(22)15-44)37-29(45)17-6-7-17/h3-5,8-11,14-17,19H,6-7,12-13H2,1-2H3,(H2,33,36,37,39,45). The molecule has 4 radical (unpaired) electrons. The number of hydrogen-bond donors (Lipinski definition) is 2. The maximum atomic E-state index is 12.3. The van der Waals surface area contributed by atoms with E-state index in [1.807, 2.05) is 28.9 Å². The van der Waals surface area contributed by atoms with Gasteiger partial charge < -0.3 is 20.4 Å². The molecule has 1 atom stereocenters. The minimum atomic E-state index is -1.34. The molecule has 1 amide bonds. The predicted octanol–water partition coefficient (Wildman–Crippen LogP) is 2.36. The van der Waals surface area contributed by atoms with E-state index in [1.165, 1.54) is 0 Å². The molecule has 45 heavy (non-hydrogen) atoms. The van der Waals surface area contributed by atoms with Crippen molar-refractivity contribution in [2.24, 2.45) is 5.92 Å². The Bertz CT molecular complexity index is 1840. The van der Waals surface area contributed by atoms with Crippen LogP contribution in [-0.2, 0) is 10.1 Å². The molecule has 1 aliphatic carbocycles. The van der Waals surface area contributed by atoms with Gasteiger partial charge in [-0.05, 0) is 43.3 Å². The van der Waals surface area contributed by atoms with Gasteiger partial charge in [-0.2, -0.15) is 5.10 Å². The zero-order valence-electron chi connectivity index (χ0n) is 24.7. The van der Waals surface area contributed by atoms with E-state index in [0.717, 1.165) is 35.3 Å². The molecular weight excluding hydrogens is 570 g/mol. The normalized spacial score (nSPS) is 18.0. The molecule has 2 aliphatic heterocycles. The molecule has 0 spiro atoms. The van der Waals surface area contributed by atoms with Gasteiger partial charge in [0.1, 0.15) is 11.4 Å². The molecule has 222 valence electrons. The maximum Gasteiger partial charge on any atom is 0.228 e. The summed E-state index contributed by atoms with van der Waals surface area (Å²) in [5.74, 6) is 0.669. The van der Waals surface area contributed by atoms with Crippen molar-refractivity contribution in [3.05, 3.63) is 65.5 Å². The summed E-state index contributed by atoms with van der Waals surface area (Å²) in [6.07, 6.45) is 6.54. The van der Waals surface area contributed by atoms with Crippen LogP contribution in [0.3, 0.4) is 0 Å². The summed E-state index contributed by atoms with van der Waals surface area (Å²) in [5.41, 5.74) is 4.92. The van der Waals surface area contributed by atoms with Crippen molar-refractivity contribution in [1.82, 2.24) is 34.8 Å². The summed E-state index contributed by atoms with van der Waals surface area (Å²) in [6.45, 7) is 3.18. The first-order valence-corrected chi connectivity index (χ1v) is 14.7. The molecule has 4 aromatic rings. The van der Waals surface area contributed by atoms with E-state index in [1.54, 1.807) is 30.5 Å². The molecule has 0 bridgehead atoms. The molecule has 1 saturated carbocycles. The molecule has 6 heterocycles. The van der Waals surface area contributed by atoms with Gasteiger partial charge in [0, 0.05) is 55.1 Å². The van der Waals surface area contributed by atoms with Gasteiger partial charge >= 0.3 is 0 Å². The van der Waals surface area contributed by atoms with Crippen LogP contribution in [0.2, 0.25) is 0 Å². The Labute approximate surface area is 261 Å². The van der Waals surface area contributed by atoms with Crippen molar-refractivity contribution in [2.75, 3.05) is 35.7 Å². The second-order valence-corrected chi connectivity index (χ2v) is 11.7. The molecule has 2 N–H and O–H groups in total. The van der Waals surface area contributed by atoms with Crippen molar-refractivity contribution in [3.63, 3.8) is 0 Å². The summed E-state index contributed by atoms with van der Waals surface area (Å²) in [4.78, 5) is 48.3. The van der Waals surface area contributed by atoms with Crippen LogP contribution in [0.1, 0.15) is 64.2 Å². The van der Waals surface area contributed by atoms with E-state index >= 15 is 0 Å². The first-order chi connectivity index (χ1) is 21.7. The molecule has 0 aromatic carbocycles. The van der Waals surface area contributed by atoms with Gasteiger partial charge in [-0.25, -0.2) is 9.97 Å².